The molecule has 0 aliphatic carbocycles. The molecule has 1 aromatic rings. The lowest BCUT2D eigenvalue weighted by Gasteiger charge is -2.26. The maximum atomic E-state index is 11.1. The molecule has 2 rings (SSSR count). The molecule has 1 saturated heterocycles. The van der Waals surface area contributed by atoms with Crippen LogP contribution in [0.3, 0.4) is 0 Å². The Morgan fingerprint density at radius 1 is 1.37 bits per heavy atom. The maximum Gasteiger partial charge on any atom is 0.306 e. The molecule has 0 amide bonds. The number of nitrogens with zero attached hydrogens (tertiary/aromatic N) is 2. The highest BCUT2D eigenvalue weighted by molar-refractivity contribution is 5.69. The zero-order chi connectivity index (χ0) is 13.7. The number of carbonyl (C=O) groups is 1. The third-order valence-corrected chi connectivity index (χ3v) is 3.80. The van der Waals surface area contributed by atoms with Crippen LogP contribution in [0.4, 0.5) is 0 Å². The molecule has 0 aromatic carbocycles. The highest BCUT2D eigenvalue weighted by atomic mass is 16.4. The molecule has 1 N–H and O–H groups in total. The number of pyridine rings is 1. The molecule has 4 heteroatoms. The molecule has 1 aliphatic heterocycles. The Morgan fingerprint density at radius 2 is 2.21 bits per heavy atom. The first kappa shape index (κ1) is 14.0. The summed E-state index contributed by atoms with van der Waals surface area (Å²) in [7, 11) is 0. The number of aromatic nitrogens is 1. The standard InChI is InChI=1S/C15H22N2O2/c1-12-5-6-13(10-16-12)11-17-8-3-2-4-14(7-9-17)15(18)19/h5-6,10,14H,2-4,7-9,11H2,1H3,(H,18,19). The molecule has 0 radical (unpaired) electrons. The zero-order valence-electron chi connectivity index (χ0n) is 11.5. The van der Waals surface area contributed by atoms with E-state index in [1.807, 2.05) is 19.2 Å². The maximum absolute atomic E-state index is 11.1. The Hall–Kier alpha value is -1.42. The van der Waals surface area contributed by atoms with Crippen molar-refractivity contribution in [3.8, 4) is 0 Å². The van der Waals surface area contributed by atoms with E-state index in [1.54, 1.807) is 0 Å². The van der Waals surface area contributed by atoms with Gasteiger partial charge in [0.2, 0.25) is 0 Å². The van der Waals surface area contributed by atoms with Crippen LogP contribution in [-0.2, 0) is 11.3 Å². The van der Waals surface area contributed by atoms with Crippen LogP contribution in [0.5, 0.6) is 0 Å². The summed E-state index contributed by atoms with van der Waals surface area (Å²) >= 11 is 0. The van der Waals surface area contributed by atoms with E-state index in [1.165, 1.54) is 5.56 Å². The fourth-order valence-electron chi connectivity index (χ4n) is 2.58. The van der Waals surface area contributed by atoms with Gasteiger partial charge < -0.3 is 5.11 Å². The van der Waals surface area contributed by atoms with E-state index in [0.29, 0.717) is 0 Å². The Kier molecular flexibility index (Phi) is 4.91. The summed E-state index contributed by atoms with van der Waals surface area (Å²) in [5.41, 5.74) is 2.24. The number of likely N-dealkylation sites (tertiary alicyclic amines) is 1. The largest absolute Gasteiger partial charge is 0.481 e. The molecule has 1 atom stereocenters. The number of rotatable bonds is 3. The molecule has 4 nitrogen and oxygen atoms in total. The number of carboxylic acid groups (broad SMARTS) is 1. The monoisotopic (exact) mass is 262 g/mol. The summed E-state index contributed by atoms with van der Waals surface area (Å²) in [6.07, 6.45) is 5.61. The SMILES string of the molecule is Cc1ccc(CN2CCCCC(C(=O)O)CC2)cn1. The van der Waals surface area contributed by atoms with E-state index in [4.69, 9.17) is 5.11 Å². The van der Waals surface area contributed by atoms with Gasteiger partial charge in [-0.05, 0) is 50.9 Å². The van der Waals surface area contributed by atoms with Crippen LogP contribution in [0.2, 0.25) is 0 Å². The van der Waals surface area contributed by atoms with Crippen molar-refractivity contribution in [3.63, 3.8) is 0 Å². The predicted octanol–water partition coefficient (Wildman–Crippen LogP) is 2.47. The number of hydrogen-bond acceptors (Lipinski definition) is 3. The fraction of sp³-hybridized carbons (Fsp3) is 0.600. The molecular formula is C15H22N2O2. The minimum atomic E-state index is -0.640. The van der Waals surface area contributed by atoms with Gasteiger partial charge >= 0.3 is 5.97 Å². The number of hydrogen-bond donors (Lipinski definition) is 1. The van der Waals surface area contributed by atoms with E-state index < -0.39 is 5.97 Å². The first-order valence-corrected chi connectivity index (χ1v) is 7.02. The molecule has 0 spiro atoms. The van der Waals surface area contributed by atoms with Crippen molar-refractivity contribution in [2.45, 2.75) is 39.2 Å². The molecule has 1 unspecified atom stereocenters. The molecule has 1 aliphatic rings. The minimum Gasteiger partial charge on any atom is -0.481 e. The highest BCUT2D eigenvalue weighted by Crippen LogP contribution is 2.19. The normalized spacial score (nSPS) is 21.6. The van der Waals surface area contributed by atoms with Gasteiger partial charge in [0.15, 0.2) is 0 Å². The molecular weight excluding hydrogens is 240 g/mol. The van der Waals surface area contributed by atoms with Crippen molar-refractivity contribution in [3.05, 3.63) is 29.6 Å². The molecule has 104 valence electrons. The molecule has 1 aromatic heterocycles. The topological polar surface area (TPSA) is 53.4 Å². The van der Waals surface area contributed by atoms with Crippen molar-refractivity contribution in [2.75, 3.05) is 13.1 Å². The minimum absolute atomic E-state index is 0.168. The predicted molar refractivity (Wildman–Crippen MR) is 73.8 cm³/mol. The first-order chi connectivity index (χ1) is 9.15. The fourth-order valence-corrected chi connectivity index (χ4v) is 2.58. The average molecular weight is 262 g/mol. The van der Waals surface area contributed by atoms with Crippen molar-refractivity contribution >= 4 is 5.97 Å². The van der Waals surface area contributed by atoms with Gasteiger partial charge in [-0.3, -0.25) is 14.7 Å². The Balaban J connectivity index is 1.92. The second-order valence-electron chi connectivity index (χ2n) is 5.40. The number of aliphatic carboxylic acids is 1. The van der Waals surface area contributed by atoms with Gasteiger partial charge in [-0.2, -0.15) is 0 Å². The van der Waals surface area contributed by atoms with Crippen LogP contribution >= 0.6 is 0 Å². The summed E-state index contributed by atoms with van der Waals surface area (Å²) in [6.45, 7) is 4.78. The summed E-state index contributed by atoms with van der Waals surface area (Å²) in [6, 6.07) is 4.13. The molecule has 1 fully saturated rings. The van der Waals surface area contributed by atoms with Crippen LogP contribution in [0.15, 0.2) is 18.3 Å². The van der Waals surface area contributed by atoms with E-state index in [-0.39, 0.29) is 5.92 Å². The van der Waals surface area contributed by atoms with Gasteiger partial charge in [-0.25, -0.2) is 0 Å². The third-order valence-electron chi connectivity index (χ3n) is 3.80. The van der Waals surface area contributed by atoms with Crippen molar-refractivity contribution in [1.82, 2.24) is 9.88 Å². The smallest absolute Gasteiger partial charge is 0.306 e. The van der Waals surface area contributed by atoms with Gasteiger partial charge in [-0.1, -0.05) is 12.5 Å². The van der Waals surface area contributed by atoms with Crippen LogP contribution in [0, 0.1) is 12.8 Å². The summed E-state index contributed by atoms with van der Waals surface area (Å²) in [5, 5.41) is 9.13. The molecule has 2 heterocycles. The lowest BCUT2D eigenvalue weighted by Crippen LogP contribution is -2.31. The number of carboxylic acids is 1. The van der Waals surface area contributed by atoms with Crippen LogP contribution < -0.4 is 0 Å². The first-order valence-electron chi connectivity index (χ1n) is 7.02. The van der Waals surface area contributed by atoms with Crippen molar-refractivity contribution in [2.24, 2.45) is 5.92 Å². The summed E-state index contributed by atoms with van der Waals surface area (Å²) in [4.78, 5) is 17.8. The summed E-state index contributed by atoms with van der Waals surface area (Å²) in [5.74, 6) is -0.808. The number of aryl methyl sites for hydroxylation is 1. The van der Waals surface area contributed by atoms with Gasteiger partial charge in [0.25, 0.3) is 0 Å². The molecule has 19 heavy (non-hydrogen) atoms. The quantitative estimate of drug-likeness (QED) is 0.909. The van der Waals surface area contributed by atoms with Gasteiger partial charge in [0.1, 0.15) is 0 Å². The zero-order valence-corrected chi connectivity index (χ0v) is 11.5. The van der Waals surface area contributed by atoms with E-state index in [0.717, 1.165) is 51.0 Å². The molecule has 0 saturated carbocycles. The Bertz CT molecular complexity index is 417. The van der Waals surface area contributed by atoms with E-state index >= 15 is 0 Å². The van der Waals surface area contributed by atoms with E-state index in [9.17, 15) is 4.79 Å². The van der Waals surface area contributed by atoms with Crippen molar-refractivity contribution < 1.29 is 9.90 Å². The Morgan fingerprint density at radius 3 is 2.89 bits per heavy atom. The van der Waals surface area contributed by atoms with Crippen LogP contribution in [-0.4, -0.2) is 34.0 Å². The summed E-state index contributed by atoms with van der Waals surface area (Å²) < 4.78 is 0. The lowest BCUT2D eigenvalue weighted by molar-refractivity contribution is -0.142. The van der Waals surface area contributed by atoms with E-state index in [2.05, 4.69) is 16.0 Å². The van der Waals surface area contributed by atoms with Crippen LogP contribution in [0.1, 0.15) is 36.9 Å². The second-order valence-corrected chi connectivity index (χ2v) is 5.40. The van der Waals surface area contributed by atoms with Gasteiger partial charge in [-0.15, -0.1) is 0 Å². The highest BCUT2D eigenvalue weighted by Gasteiger charge is 2.20. The second kappa shape index (κ2) is 6.66. The third kappa shape index (κ3) is 4.31. The van der Waals surface area contributed by atoms with Gasteiger partial charge in [0.05, 0.1) is 5.92 Å². The Labute approximate surface area is 114 Å². The van der Waals surface area contributed by atoms with Crippen LogP contribution in [0.25, 0.3) is 0 Å². The van der Waals surface area contributed by atoms with Gasteiger partial charge in [0, 0.05) is 18.4 Å². The molecule has 0 bridgehead atoms. The lowest BCUT2D eigenvalue weighted by atomic mass is 9.96. The van der Waals surface area contributed by atoms with Crippen molar-refractivity contribution in [1.29, 1.82) is 0 Å². The average Bonchev–Trinajstić information content (AvgIpc) is 2.35.